The maximum absolute atomic E-state index is 11.6. The maximum atomic E-state index is 11.6. The van der Waals surface area contributed by atoms with Crippen LogP contribution in [0.4, 0.5) is 10.6 Å². The Labute approximate surface area is 125 Å². The molecule has 1 amide bonds. The van der Waals surface area contributed by atoms with Gasteiger partial charge in [-0.1, -0.05) is 34.1 Å². The quantitative estimate of drug-likeness (QED) is 0.841. The summed E-state index contributed by atoms with van der Waals surface area (Å²) in [5.74, 6) is 0.737. The van der Waals surface area contributed by atoms with E-state index in [-0.39, 0.29) is 0 Å². The van der Waals surface area contributed by atoms with E-state index < -0.39 is 6.03 Å². The SMILES string of the molecule is NC(=O)n1nc(-c2ccccc2Br)c2c1NCCCC2. The molecule has 2 aromatic rings. The molecule has 0 saturated carbocycles. The van der Waals surface area contributed by atoms with E-state index >= 15 is 0 Å². The molecule has 0 unspecified atom stereocenters. The van der Waals surface area contributed by atoms with Gasteiger partial charge in [0.2, 0.25) is 0 Å². The molecule has 0 fully saturated rings. The van der Waals surface area contributed by atoms with Crippen molar-refractivity contribution < 1.29 is 4.79 Å². The van der Waals surface area contributed by atoms with Crippen molar-refractivity contribution in [1.29, 1.82) is 0 Å². The van der Waals surface area contributed by atoms with Crippen molar-refractivity contribution in [3.05, 3.63) is 34.3 Å². The highest BCUT2D eigenvalue weighted by atomic mass is 79.9. The van der Waals surface area contributed by atoms with Gasteiger partial charge in [0.25, 0.3) is 0 Å². The second-order valence-electron chi connectivity index (χ2n) is 4.79. The molecule has 0 spiro atoms. The van der Waals surface area contributed by atoms with Gasteiger partial charge < -0.3 is 11.1 Å². The van der Waals surface area contributed by atoms with Gasteiger partial charge in [0, 0.05) is 22.1 Å². The Kier molecular flexibility index (Phi) is 3.48. The number of primary amides is 1. The van der Waals surface area contributed by atoms with Crippen LogP contribution in [0.15, 0.2) is 28.7 Å². The highest BCUT2D eigenvalue weighted by Crippen LogP contribution is 2.35. The van der Waals surface area contributed by atoms with Crippen LogP contribution in [0.5, 0.6) is 0 Å². The second kappa shape index (κ2) is 5.28. The highest BCUT2D eigenvalue weighted by molar-refractivity contribution is 9.10. The fourth-order valence-electron chi connectivity index (χ4n) is 2.53. The summed E-state index contributed by atoms with van der Waals surface area (Å²) in [5.41, 5.74) is 8.29. The van der Waals surface area contributed by atoms with E-state index in [1.165, 1.54) is 4.68 Å². The molecule has 20 heavy (non-hydrogen) atoms. The summed E-state index contributed by atoms with van der Waals surface area (Å²) >= 11 is 3.54. The van der Waals surface area contributed by atoms with Crippen molar-refractivity contribution in [2.75, 3.05) is 11.9 Å². The Morgan fingerprint density at radius 2 is 2.15 bits per heavy atom. The van der Waals surface area contributed by atoms with Gasteiger partial charge in [0.05, 0.1) is 5.69 Å². The normalized spacial score (nSPS) is 14.2. The summed E-state index contributed by atoms with van der Waals surface area (Å²) in [5, 5.41) is 7.68. The number of halogens is 1. The Hall–Kier alpha value is -1.82. The number of nitrogens with two attached hydrogens (primary N) is 1. The first kappa shape index (κ1) is 13.2. The van der Waals surface area contributed by atoms with Gasteiger partial charge in [-0.25, -0.2) is 4.79 Å². The number of anilines is 1. The number of carbonyl (C=O) groups is 1. The van der Waals surface area contributed by atoms with Gasteiger partial charge in [0.15, 0.2) is 0 Å². The average Bonchev–Trinajstić information content (AvgIpc) is 2.63. The summed E-state index contributed by atoms with van der Waals surface area (Å²) in [7, 11) is 0. The smallest absolute Gasteiger partial charge is 0.341 e. The van der Waals surface area contributed by atoms with Crippen LogP contribution in [-0.4, -0.2) is 22.4 Å². The monoisotopic (exact) mass is 334 g/mol. The van der Waals surface area contributed by atoms with Crippen molar-refractivity contribution in [1.82, 2.24) is 9.78 Å². The number of hydrogen-bond donors (Lipinski definition) is 2. The number of rotatable bonds is 1. The molecular formula is C14H15BrN4O. The van der Waals surface area contributed by atoms with E-state index in [2.05, 4.69) is 26.3 Å². The third-order valence-electron chi connectivity index (χ3n) is 3.47. The van der Waals surface area contributed by atoms with E-state index in [9.17, 15) is 4.79 Å². The van der Waals surface area contributed by atoms with Gasteiger partial charge in [-0.15, -0.1) is 0 Å². The molecule has 2 heterocycles. The van der Waals surface area contributed by atoms with Gasteiger partial charge in [0.1, 0.15) is 5.82 Å². The first-order chi connectivity index (χ1) is 9.68. The van der Waals surface area contributed by atoms with Gasteiger partial charge >= 0.3 is 6.03 Å². The van der Waals surface area contributed by atoms with Crippen LogP contribution in [0.25, 0.3) is 11.3 Å². The first-order valence-electron chi connectivity index (χ1n) is 6.59. The van der Waals surface area contributed by atoms with Gasteiger partial charge in [-0.05, 0) is 25.3 Å². The van der Waals surface area contributed by atoms with Crippen molar-refractivity contribution in [2.24, 2.45) is 5.73 Å². The molecule has 1 aromatic carbocycles. The van der Waals surface area contributed by atoms with Crippen LogP contribution in [0.1, 0.15) is 18.4 Å². The van der Waals surface area contributed by atoms with Crippen LogP contribution in [0.3, 0.4) is 0 Å². The summed E-state index contributed by atoms with van der Waals surface area (Å²) in [6, 6.07) is 7.31. The Morgan fingerprint density at radius 1 is 1.35 bits per heavy atom. The molecule has 104 valence electrons. The largest absolute Gasteiger partial charge is 0.370 e. The fraction of sp³-hybridized carbons (Fsp3) is 0.286. The van der Waals surface area contributed by atoms with E-state index in [1.807, 2.05) is 24.3 Å². The first-order valence-corrected chi connectivity index (χ1v) is 7.38. The lowest BCUT2D eigenvalue weighted by Gasteiger charge is -2.05. The summed E-state index contributed by atoms with van der Waals surface area (Å²) in [6.07, 6.45) is 3.04. The summed E-state index contributed by atoms with van der Waals surface area (Å²) in [6.45, 7) is 0.835. The topological polar surface area (TPSA) is 72.9 Å². The molecule has 0 saturated heterocycles. The molecule has 6 heteroatoms. The van der Waals surface area contributed by atoms with Crippen LogP contribution in [0, 0.1) is 0 Å². The zero-order valence-electron chi connectivity index (χ0n) is 10.9. The zero-order chi connectivity index (χ0) is 14.1. The lowest BCUT2D eigenvalue weighted by atomic mass is 10.0. The molecule has 0 radical (unpaired) electrons. The minimum absolute atomic E-state index is 0.561. The molecule has 1 aliphatic rings. The lowest BCUT2D eigenvalue weighted by molar-refractivity contribution is 0.248. The molecule has 0 bridgehead atoms. The number of amides is 1. The van der Waals surface area contributed by atoms with E-state index in [1.54, 1.807) is 0 Å². The number of hydrogen-bond acceptors (Lipinski definition) is 3. The van der Waals surface area contributed by atoms with Gasteiger partial charge in [-0.2, -0.15) is 9.78 Å². The van der Waals surface area contributed by atoms with Crippen LogP contribution in [-0.2, 0) is 6.42 Å². The van der Waals surface area contributed by atoms with Gasteiger partial charge in [-0.3, -0.25) is 0 Å². The predicted octanol–water partition coefficient (Wildman–Crippen LogP) is 2.99. The predicted molar refractivity (Wildman–Crippen MR) is 81.8 cm³/mol. The molecule has 5 nitrogen and oxygen atoms in total. The maximum Gasteiger partial charge on any atom is 0.341 e. The van der Waals surface area contributed by atoms with Crippen molar-refractivity contribution in [2.45, 2.75) is 19.3 Å². The van der Waals surface area contributed by atoms with E-state index in [4.69, 9.17) is 5.73 Å². The van der Waals surface area contributed by atoms with Crippen molar-refractivity contribution >= 4 is 27.8 Å². The Bertz CT molecular complexity index is 665. The van der Waals surface area contributed by atoms with E-state index in [0.717, 1.165) is 52.9 Å². The molecule has 1 aliphatic heterocycles. The lowest BCUT2D eigenvalue weighted by Crippen LogP contribution is -2.23. The third-order valence-corrected chi connectivity index (χ3v) is 4.16. The number of nitrogens with one attached hydrogen (secondary N) is 1. The zero-order valence-corrected chi connectivity index (χ0v) is 12.5. The fourth-order valence-corrected chi connectivity index (χ4v) is 3.00. The average molecular weight is 335 g/mol. The minimum atomic E-state index is -0.561. The molecular weight excluding hydrogens is 320 g/mol. The van der Waals surface area contributed by atoms with Crippen LogP contribution >= 0.6 is 15.9 Å². The number of fused-ring (bicyclic) bond motifs is 1. The molecule has 0 atom stereocenters. The summed E-state index contributed by atoms with van der Waals surface area (Å²) < 4.78 is 2.23. The van der Waals surface area contributed by atoms with Crippen LogP contribution < -0.4 is 11.1 Å². The van der Waals surface area contributed by atoms with Crippen molar-refractivity contribution in [3.8, 4) is 11.3 Å². The molecule has 1 aromatic heterocycles. The minimum Gasteiger partial charge on any atom is -0.370 e. The third kappa shape index (κ3) is 2.20. The Morgan fingerprint density at radius 3 is 2.90 bits per heavy atom. The van der Waals surface area contributed by atoms with Crippen LogP contribution in [0.2, 0.25) is 0 Å². The number of nitrogens with zero attached hydrogens (tertiary/aromatic N) is 2. The molecule has 0 aliphatic carbocycles. The summed E-state index contributed by atoms with van der Waals surface area (Å²) in [4.78, 5) is 11.6. The molecule has 3 N–H and O–H groups in total. The number of benzene rings is 1. The molecule has 3 rings (SSSR count). The second-order valence-corrected chi connectivity index (χ2v) is 5.64. The van der Waals surface area contributed by atoms with E-state index in [0.29, 0.717) is 0 Å². The number of carbonyl (C=O) groups excluding carboxylic acids is 1. The highest BCUT2D eigenvalue weighted by Gasteiger charge is 2.23. The standard InChI is InChI=1S/C14H15BrN4O/c15-11-7-2-1-5-9(11)12-10-6-3-4-8-17-13(10)19(18-12)14(16)20/h1-2,5,7,17H,3-4,6,8H2,(H2,16,20). The number of aromatic nitrogens is 2. The van der Waals surface area contributed by atoms with Crippen molar-refractivity contribution in [3.63, 3.8) is 0 Å². The Balaban J connectivity index is 2.21.